The lowest BCUT2D eigenvalue weighted by Gasteiger charge is -2.21. The van der Waals surface area contributed by atoms with Crippen LogP contribution in [0.25, 0.3) is 0 Å². The second-order valence-corrected chi connectivity index (χ2v) is 5.49. The van der Waals surface area contributed by atoms with Gasteiger partial charge in [-0.15, -0.1) is 0 Å². The highest BCUT2D eigenvalue weighted by molar-refractivity contribution is 5.93. The van der Waals surface area contributed by atoms with Gasteiger partial charge in [-0.25, -0.2) is 0 Å². The highest BCUT2D eigenvalue weighted by Crippen LogP contribution is 2.38. The maximum absolute atomic E-state index is 11.3. The van der Waals surface area contributed by atoms with Crippen LogP contribution in [0.4, 0.5) is 5.69 Å². The van der Waals surface area contributed by atoms with Crippen molar-refractivity contribution in [2.24, 2.45) is 5.92 Å². The predicted octanol–water partition coefficient (Wildman–Crippen LogP) is 2.63. The van der Waals surface area contributed by atoms with Crippen molar-refractivity contribution in [1.29, 1.82) is 0 Å². The molecular formula is C15H20N2O. The molecule has 3 heteroatoms. The smallest absolute Gasteiger partial charge is 0.224 e. The van der Waals surface area contributed by atoms with E-state index in [9.17, 15) is 4.79 Å². The van der Waals surface area contributed by atoms with Crippen LogP contribution in [0, 0.1) is 5.92 Å². The molecule has 3 rings (SSSR count). The molecule has 3 nitrogen and oxygen atoms in total. The number of hydrogen-bond acceptors (Lipinski definition) is 2. The van der Waals surface area contributed by atoms with Gasteiger partial charge in [0.25, 0.3) is 0 Å². The first-order valence-electron chi connectivity index (χ1n) is 6.86. The van der Waals surface area contributed by atoms with Crippen LogP contribution in [0.3, 0.4) is 0 Å². The summed E-state index contributed by atoms with van der Waals surface area (Å²) in [5.74, 6) is 1.05. The molecule has 0 saturated heterocycles. The number of nitrogens with one attached hydrogen (secondary N) is 2. The van der Waals surface area contributed by atoms with Crippen LogP contribution in [-0.4, -0.2) is 13.0 Å². The van der Waals surface area contributed by atoms with E-state index in [0.717, 1.165) is 18.0 Å². The minimum absolute atomic E-state index is 0.137. The Bertz CT molecular complexity index is 466. The average Bonchev–Trinajstić information content (AvgIpc) is 3.19. The third-order valence-corrected chi connectivity index (χ3v) is 4.04. The summed E-state index contributed by atoms with van der Waals surface area (Å²) in [6, 6.07) is 6.92. The number of aryl methyl sites for hydroxylation is 1. The molecule has 0 bridgehead atoms. The summed E-state index contributed by atoms with van der Waals surface area (Å²) in [5.41, 5.74) is 3.64. The third-order valence-electron chi connectivity index (χ3n) is 4.04. The summed E-state index contributed by atoms with van der Waals surface area (Å²) in [4.78, 5) is 11.3. The number of anilines is 1. The number of carbonyl (C=O) groups is 1. The molecule has 0 radical (unpaired) electrons. The van der Waals surface area contributed by atoms with Gasteiger partial charge < -0.3 is 10.6 Å². The molecule has 2 aliphatic rings. The summed E-state index contributed by atoms with van der Waals surface area (Å²) < 4.78 is 0. The van der Waals surface area contributed by atoms with Gasteiger partial charge in [-0.1, -0.05) is 25.0 Å². The van der Waals surface area contributed by atoms with Crippen LogP contribution in [0.1, 0.15) is 42.9 Å². The SMILES string of the molecule is CNC(CC1CC1)c1ccc2c(c1)CCC(=O)N2. The Morgan fingerprint density at radius 2 is 2.22 bits per heavy atom. The Kier molecular flexibility index (Phi) is 3.08. The standard InChI is InChI=1S/C15H20N2O/c1-16-14(8-10-2-3-10)12-4-6-13-11(9-12)5-7-15(18)17-13/h4,6,9-10,14,16H,2-3,5,7-8H2,1H3,(H,17,18). The lowest BCUT2D eigenvalue weighted by molar-refractivity contribution is -0.116. The fraction of sp³-hybridized carbons (Fsp3) is 0.533. The number of amides is 1. The van der Waals surface area contributed by atoms with Gasteiger partial charge in [0.2, 0.25) is 5.91 Å². The van der Waals surface area contributed by atoms with Gasteiger partial charge in [0, 0.05) is 18.2 Å². The van der Waals surface area contributed by atoms with Gasteiger partial charge in [-0.3, -0.25) is 4.79 Å². The summed E-state index contributed by atoms with van der Waals surface area (Å²) in [7, 11) is 2.04. The molecule has 0 aromatic heterocycles. The minimum Gasteiger partial charge on any atom is -0.326 e. The maximum atomic E-state index is 11.3. The minimum atomic E-state index is 0.137. The molecule has 1 unspecified atom stereocenters. The molecular weight excluding hydrogens is 224 g/mol. The second-order valence-electron chi connectivity index (χ2n) is 5.49. The van der Waals surface area contributed by atoms with Crippen molar-refractivity contribution in [3.8, 4) is 0 Å². The summed E-state index contributed by atoms with van der Waals surface area (Å²) in [6.45, 7) is 0. The molecule has 18 heavy (non-hydrogen) atoms. The maximum Gasteiger partial charge on any atom is 0.224 e. The Labute approximate surface area is 108 Å². The molecule has 1 fully saturated rings. The van der Waals surface area contributed by atoms with Crippen LogP contribution < -0.4 is 10.6 Å². The van der Waals surface area contributed by atoms with E-state index in [1.54, 1.807) is 0 Å². The number of hydrogen-bond donors (Lipinski definition) is 2. The molecule has 1 aliphatic carbocycles. The van der Waals surface area contributed by atoms with E-state index in [0.29, 0.717) is 12.5 Å². The Balaban J connectivity index is 1.81. The highest BCUT2D eigenvalue weighted by atomic mass is 16.1. The van der Waals surface area contributed by atoms with Crippen molar-refractivity contribution in [3.63, 3.8) is 0 Å². The van der Waals surface area contributed by atoms with Gasteiger partial charge in [-0.05, 0) is 43.0 Å². The molecule has 2 N–H and O–H groups in total. The zero-order chi connectivity index (χ0) is 12.5. The van der Waals surface area contributed by atoms with Gasteiger partial charge in [0.05, 0.1) is 0 Å². The monoisotopic (exact) mass is 244 g/mol. The third kappa shape index (κ3) is 2.41. The molecule has 1 heterocycles. The number of benzene rings is 1. The van der Waals surface area contributed by atoms with Crippen LogP contribution >= 0.6 is 0 Å². The fourth-order valence-corrected chi connectivity index (χ4v) is 2.73. The van der Waals surface area contributed by atoms with Crippen LogP contribution in [0.5, 0.6) is 0 Å². The first-order valence-corrected chi connectivity index (χ1v) is 6.86. The van der Waals surface area contributed by atoms with Gasteiger partial charge in [-0.2, -0.15) is 0 Å². The molecule has 1 aliphatic heterocycles. The zero-order valence-corrected chi connectivity index (χ0v) is 10.8. The normalized spacial score (nSPS) is 20.2. The van der Waals surface area contributed by atoms with E-state index in [4.69, 9.17) is 0 Å². The van der Waals surface area contributed by atoms with Crippen LogP contribution in [0.15, 0.2) is 18.2 Å². The predicted molar refractivity (Wildman–Crippen MR) is 72.5 cm³/mol. The second kappa shape index (κ2) is 4.73. The lowest BCUT2D eigenvalue weighted by Crippen LogP contribution is -2.21. The lowest BCUT2D eigenvalue weighted by atomic mass is 9.95. The first-order chi connectivity index (χ1) is 8.76. The van der Waals surface area contributed by atoms with Crippen molar-refractivity contribution in [2.75, 3.05) is 12.4 Å². The van der Waals surface area contributed by atoms with Crippen molar-refractivity contribution < 1.29 is 4.79 Å². The Morgan fingerprint density at radius 1 is 1.39 bits per heavy atom. The van der Waals surface area contributed by atoms with E-state index in [2.05, 4.69) is 28.8 Å². The molecule has 1 aromatic rings. The quantitative estimate of drug-likeness (QED) is 0.855. The van der Waals surface area contributed by atoms with Crippen molar-refractivity contribution >= 4 is 11.6 Å². The fourth-order valence-electron chi connectivity index (χ4n) is 2.73. The van der Waals surface area contributed by atoms with Gasteiger partial charge >= 0.3 is 0 Å². The van der Waals surface area contributed by atoms with Crippen molar-refractivity contribution in [2.45, 2.75) is 38.1 Å². The van der Waals surface area contributed by atoms with Gasteiger partial charge in [0.1, 0.15) is 0 Å². The summed E-state index contributed by atoms with van der Waals surface area (Å²) >= 11 is 0. The number of rotatable bonds is 4. The van der Waals surface area contributed by atoms with E-state index in [-0.39, 0.29) is 5.91 Å². The van der Waals surface area contributed by atoms with Crippen molar-refractivity contribution in [3.05, 3.63) is 29.3 Å². The van der Waals surface area contributed by atoms with E-state index < -0.39 is 0 Å². The Hall–Kier alpha value is -1.35. The molecule has 96 valence electrons. The summed E-state index contributed by atoms with van der Waals surface area (Å²) in [6.07, 6.45) is 5.50. The highest BCUT2D eigenvalue weighted by Gasteiger charge is 2.26. The van der Waals surface area contributed by atoms with Gasteiger partial charge in [0.15, 0.2) is 0 Å². The average molecular weight is 244 g/mol. The molecule has 1 saturated carbocycles. The Morgan fingerprint density at radius 3 is 2.94 bits per heavy atom. The van der Waals surface area contributed by atoms with E-state index in [1.165, 1.54) is 30.4 Å². The molecule has 0 spiro atoms. The summed E-state index contributed by atoms with van der Waals surface area (Å²) in [5, 5.41) is 6.36. The largest absolute Gasteiger partial charge is 0.326 e. The zero-order valence-electron chi connectivity index (χ0n) is 10.8. The topological polar surface area (TPSA) is 41.1 Å². The molecule has 1 aromatic carbocycles. The van der Waals surface area contributed by atoms with E-state index in [1.807, 2.05) is 7.05 Å². The van der Waals surface area contributed by atoms with Crippen LogP contribution in [0.2, 0.25) is 0 Å². The molecule has 1 amide bonds. The molecule has 1 atom stereocenters. The van der Waals surface area contributed by atoms with Crippen LogP contribution in [-0.2, 0) is 11.2 Å². The van der Waals surface area contributed by atoms with E-state index >= 15 is 0 Å². The first kappa shape index (κ1) is 11.7. The van der Waals surface area contributed by atoms with Crippen molar-refractivity contribution in [1.82, 2.24) is 5.32 Å². The number of fused-ring (bicyclic) bond motifs is 1. The number of carbonyl (C=O) groups excluding carboxylic acids is 1.